The van der Waals surface area contributed by atoms with E-state index in [0.29, 0.717) is 5.70 Å². The molecule has 1 aromatic carbocycles. The molecule has 0 heterocycles. The summed E-state index contributed by atoms with van der Waals surface area (Å²) in [5, 5.41) is 7.89. The lowest BCUT2D eigenvalue weighted by atomic mass is 10.3. The van der Waals surface area contributed by atoms with Crippen LogP contribution in [0.3, 0.4) is 0 Å². The van der Waals surface area contributed by atoms with Crippen molar-refractivity contribution in [1.29, 1.82) is 0 Å². The van der Waals surface area contributed by atoms with Crippen LogP contribution in [-0.4, -0.2) is 13.1 Å². The summed E-state index contributed by atoms with van der Waals surface area (Å²) in [7, 11) is 1.31. The van der Waals surface area contributed by atoms with Crippen molar-refractivity contribution < 1.29 is 9.53 Å². The van der Waals surface area contributed by atoms with Crippen LogP contribution in [0.2, 0.25) is 0 Å². The van der Waals surface area contributed by atoms with E-state index in [0.717, 1.165) is 5.69 Å². The van der Waals surface area contributed by atoms with Crippen LogP contribution in [0.5, 0.6) is 0 Å². The van der Waals surface area contributed by atoms with Crippen molar-refractivity contribution in [3.63, 3.8) is 0 Å². The first-order chi connectivity index (χ1) is 7.65. The van der Waals surface area contributed by atoms with Crippen LogP contribution in [0.25, 0.3) is 0 Å². The summed E-state index contributed by atoms with van der Waals surface area (Å²) in [5.41, 5.74) is 1.20. The van der Waals surface area contributed by atoms with Gasteiger partial charge in [0.15, 0.2) is 0 Å². The van der Waals surface area contributed by atoms with Gasteiger partial charge in [-0.15, -0.1) is 0 Å². The summed E-state index contributed by atoms with van der Waals surface area (Å²) in [6.45, 7) is 1.67. The van der Waals surface area contributed by atoms with Gasteiger partial charge in [-0.05, 0) is 35.0 Å². The molecule has 0 aliphatic heterocycles. The second-order valence-electron chi connectivity index (χ2n) is 2.93. The van der Waals surface area contributed by atoms with Gasteiger partial charge >= 0.3 is 5.97 Å². The van der Waals surface area contributed by atoms with Gasteiger partial charge in [0.25, 0.3) is 0 Å². The minimum atomic E-state index is -0.468. The normalized spacial score (nSPS) is 12.4. The van der Waals surface area contributed by atoms with Gasteiger partial charge < -0.3 is 4.74 Å². The zero-order valence-electron chi connectivity index (χ0n) is 8.98. The van der Waals surface area contributed by atoms with Gasteiger partial charge in [0, 0.05) is 0 Å². The highest BCUT2D eigenvalue weighted by Crippen LogP contribution is 2.17. The van der Waals surface area contributed by atoms with Crippen LogP contribution in [0.1, 0.15) is 6.92 Å². The molecule has 0 aliphatic rings. The van der Waals surface area contributed by atoms with Gasteiger partial charge in [-0.1, -0.05) is 18.2 Å². The van der Waals surface area contributed by atoms with Crippen LogP contribution in [0.4, 0.5) is 5.69 Å². The topological polar surface area (TPSA) is 51.0 Å². The quantitative estimate of drug-likeness (QED) is 0.483. The first-order valence-electron chi connectivity index (χ1n) is 4.56. The van der Waals surface area contributed by atoms with Gasteiger partial charge in [-0.2, -0.15) is 10.2 Å². The van der Waals surface area contributed by atoms with Crippen molar-refractivity contribution in [3.8, 4) is 0 Å². The third-order valence-electron chi connectivity index (χ3n) is 1.75. The molecule has 0 fully saturated rings. The molecule has 0 aliphatic carbocycles. The van der Waals surface area contributed by atoms with Gasteiger partial charge in [0.05, 0.1) is 18.5 Å². The molecule has 0 atom stereocenters. The Morgan fingerprint density at radius 1 is 1.31 bits per heavy atom. The smallest absolute Gasteiger partial charge is 0.346 e. The SMILES string of the molecule is COC(=O)/C(Br)=C(/C)N=Nc1ccccc1. The number of benzene rings is 1. The molecule has 0 saturated heterocycles. The maximum Gasteiger partial charge on any atom is 0.346 e. The Balaban J connectivity index is 2.82. The van der Waals surface area contributed by atoms with E-state index in [4.69, 9.17) is 0 Å². The number of hydrogen-bond donors (Lipinski definition) is 0. The molecule has 1 aromatic rings. The molecule has 0 N–H and O–H groups in total. The number of halogens is 1. The second kappa shape index (κ2) is 6.17. The van der Waals surface area contributed by atoms with Gasteiger partial charge in [0.1, 0.15) is 4.48 Å². The second-order valence-corrected chi connectivity index (χ2v) is 3.72. The minimum Gasteiger partial charge on any atom is -0.465 e. The highest BCUT2D eigenvalue weighted by atomic mass is 79.9. The van der Waals surface area contributed by atoms with E-state index in [1.807, 2.05) is 30.3 Å². The zero-order valence-corrected chi connectivity index (χ0v) is 10.6. The van der Waals surface area contributed by atoms with Crippen molar-refractivity contribution in [3.05, 3.63) is 40.5 Å². The predicted molar refractivity (Wildman–Crippen MR) is 64.6 cm³/mol. The Morgan fingerprint density at radius 2 is 1.94 bits per heavy atom. The standard InChI is InChI=1S/C11H11BrN2O2/c1-8(10(12)11(15)16-2)13-14-9-6-4-3-5-7-9/h3-7H,1-2H3/b10-8+,14-13?. The maximum atomic E-state index is 11.1. The van der Waals surface area contributed by atoms with Crippen LogP contribution >= 0.6 is 15.9 Å². The lowest BCUT2D eigenvalue weighted by molar-refractivity contribution is -0.135. The van der Waals surface area contributed by atoms with Crippen molar-refractivity contribution >= 4 is 27.6 Å². The van der Waals surface area contributed by atoms with E-state index >= 15 is 0 Å². The van der Waals surface area contributed by atoms with Gasteiger partial charge in [0.2, 0.25) is 0 Å². The van der Waals surface area contributed by atoms with E-state index in [-0.39, 0.29) is 4.48 Å². The fraction of sp³-hybridized carbons (Fsp3) is 0.182. The molecular weight excluding hydrogens is 272 g/mol. The molecule has 0 aromatic heterocycles. The lowest BCUT2D eigenvalue weighted by Crippen LogP contribution is -2.00. The summed E-state index contributed by atoms with van der Waals surface area (Å²) in [6.07, 6.45) is 0. The number of allylic oxidation sites excluding steroid dienone is 1. The molecule has 0 bridgehead atoms. The average molecular weight is 283 g/mol. The van der Waals surface area contributed by atoms with Crippen molar-refractivity contribution in [1.82, 2.24) is 0 Å². The average Bonchev–Trinajstić information content (AvgIpc) is 2.35. The van der Waals surface area contributed by atoms with Crippen molar-refractivity contribution in [2.45, 2.75) is 6.92 Å². The van der Waals surface area contributed by atoms with E-state index in [2.05, 4.69) is 30.9 Å². The fourth-order valence-corrected chi connectivity index (χ4v) is 1.15. The molecule has 16 heavy (non-hydrogen) atoms. The van der Waals surface area contributed by atoms with E-state index in [9.17, 15) is 4.79 Å². The first kappa shape index (κ1) is 12.6. The minimum absolute atomic E-state index is 0.273. The predicted octanol–water partition coefficient (Wildman–Crippen LogP) is 3.57. The zero-order chi connectivity index (χ0) is 12.0. The molecule has 5 heteroatoms. The molecule has 0 spiro atoms. The molecule has 0 radical (unpaired) electrons. The third-order valence-corrected chi connectivity index (χ3v) is 2.65. The lowest BCUT2D eigenvalue weighted by Gasteiger charge is -1.98. The number of carbonyl (C=O) groups is 1. The number of ether oxygens (including phenoxy) is 1. The molecular formula is C11H11BrN2O2. The highest BCUT2D eigenvalue weighted by molar-refractivity contribution is 9.12. The largest absolute Gasteiger partial charge is 0.465 e. The monoisotopic (exact) mass is 282 g/mol. The van der Waals surface area contributed by atoms with Crippen LogP contribution in [0.15, 0.2) is 50.7 Å². The molecule has 0 unspecified atom stereocenters. The number of nitrogens with zero attached hydrogens (tertiary/aromatic N) is 2. The Bertz CT molecular complexity index is 427. The summed E-state index contributed by atoms with van der Waals surface area (Å²) >= 11 is 3.09. The van der Waals surface area contributed by atoms with Crippen molar-refractivity contribution in [2.24, 2.45) is 10.2 Å². The molecule has 0 amide bonds. The van der Waals surface area contributed by atoms with Crippen LogP contribution in [-0.2, 0) is 9.53 Å². The summed E-state index contributed by atoms with van der Waals surface area (Å²) in [4.78, 5) is 11.1. The van der Waals surface area contributed by atoms with E-state index < -0.39 is 5.97 Å². The molecule has 1 rings (SSSR count). The number of rotatable bonds is 3. The number of esters is 1. The molecule has 0 saturated carbocycles. The van der Waals surface area contributed by atoms with E-state index in [1.165, 1.54) is 7.11 Å². The van der Waals surface area contributed by atoms with Crippen LogP contribution < -0.4 is 0 Å². The Morgan fingerprint density at radius 3 is 2.50 bits per heavy atom. The Labute approximate surface area is 102 Å². The summed E-state index contributed by atoms with van der Waals surface area (Å²) in [6, 6.07) is 9.27. The third kappa shape index (κ3) is 3.58. The van der Waals surface area contributed by atoms with Gasteiger partial charge in [-0.3, -0.25) is 0 Å². The van der Waals surface area contributed by atoms with Crippen molar-refractivity contribution in [2.75, 3.05) is 7.11 Å². The number of methoxy groups -OCH3 is 1. The van der Waals surface area contributed by atoms with Gasteiger partial charge in [-0.25, -0.2) is 4.79 Å². The Hall–Kier alpha value is -1.49. The molecule has 4 nitrogen and oxygen atoms in total. The highest BCUT2D eigenvalue weighted by Gasteiger charge is 2.08. The van der Waals surface area contributed by atoms with E-state index in [1.54, 1.807) is 6.92 Å². The first-order valence-corrected chi connectivity index (χ1v) is 5.36. The number of hydrogen-bond acceptors (Lipinski definition) is 4. The van der Waals surface area contributed by atoms with Crippen LogP contribution in [0, 0.1) is 0 Å². The Kier molecular flexibility index (Phi) is 4.85. The number of azo groups is 1. The summed E-state index contributed by atoms with van der Waals surface area (Å²) in [5.74, 6) is -0.468. The maximum absolute atomic E-state index is 11.1. The number of carbonyl (C=O) groups excluding carboxylic acids is 1. The fourth-order valence-electron chi connectivity index (χ4n) is 0.909. The summed E-state index contributed by atoms with van der Waals surface area (Å²) < 4.78 is 4.81. The molecule has 84 valence electrons.